The van der Waals surface area contributed by atoms with Crippen LogP contribution in [0.3, 0.4) is 0 Å². The summed E-state index contributed by atoms with van der Waals surface area (Å²) in [6.45, 7) is 6.40. The van der Waals surface area contributed by atoms with Gasteiger partial charge in [0.2, 0.25) is 15.9 Å². The molecule has 1 saturated heterocycles. The zero-order valence-electron chi connectivity index (χ0n) is 23.0. The highest BCUT2D eigenvalue weighted by Gasteiger charge is 2.41. The number of rotatable bonds is 8. The second kappa shape index (κ2) is 12.0. The van der Waals surface area contributed by atoms with Gasteiger partial charge < -0.3 is 20.3 Å². The lowest BCUT2D eigenvalue weighted by Crippen LogP contribution is -2.60. The van der Waals surface area contributed by atoms with Crippen molar-refractivity contribution in [3.8, 4) is 5.75 Å². The largest absolute Gasteiger partial charge is 0.573 e. The van der Waals surface area contributed by atoms with Gasteiger partial charge in [0.15, 0.2) is 5.13 Å². The molecular formula is C28H28F3N5O5S2. The molecule has 3 heterocycles. The van der Waals surface area contributed by atoms with Crippen LogP contribution in [0.15, 0.2) is 60.0 Å². The quantitative estimate of drug-likeness (QED) is 0.389. The number of hydrogen-bond donors (Lipinski definition) is 2. The van der Waals surface area contributed by atoms with E-state index in [1.165, 1.54) is 11.3 Å². The number of alkyl halides is 3. The Morgan fingerprint density at radius 1 is 1.16 bits per heavy atom. The smallest absolute Gasteiger partial charge is 0.406 e. The Kier molecular flexibility index (Phi) is 8.49. The first-order valence-electron chi connectivity index (χ1n) is 13.2. The summed E-state index contributed by atoms with van der Waals surface area (Å²) in [5.74, 6) is -1.36. The normalized spacial score (nSPS) is 17.6. The van der Waals surface area contributed by atoms with Crippen molar-refractivity contribution in [1.29, 1.82) is 0 Å². The van der Waals surface area contributed by atoms with Gasteiger partial charge in [0.1, 0.15) is 16.7 Å². The van der Waals surface area contributed by atoms with Crippen molar-refractivity contribution >= 4 is 43.9 Å². The van der Waals surface area contributed by atoms with Crippen molar-refractivity contribution in [3.05, 3.63) is 76.8 Å². The number of nitrogens with one attached hydrogen (secondary N) is 2. The van der Waals surface area contributed by atoms with Crippen molar-refractivity contribution in [2.45, 2.75) is 37.2 Å². The Hall–Kier alpha value is -3.95. The minimum atomic E-state index is -4.93. The summed E-state index contributed by atoms with van der Waals surface area (Å²) in [7, 11) is -4.31. The van der Waals surface area contributed by atoms with E-state index in [0.29, 0.717) is 28.7 Å². The molecule has 10 nitrogen and oxygen atoms in total. The predicted octanol–water partition coefficient (Wildman–Crippen LogP) is 3.56. The van der Waals surface area contributed by atoms with Crippen molar-refractivity contribution in [1.82, 2.24) is 19.9 Å². The summed E-state index contributed by atoms with van der Waals surface area (Å²) in [5.41, 5.74) is 3.28. The molecule has 15 heteroatoms. The second-order valence-electron chi connectivity index (χ2n) is 10.1. The molecule has 0 radical (unpaired) electrons. The van der Waals surface area contributed by atoms with E-state index in [1.54, 1.807) is 4.90 Å². The summed E-state index contributed by atoms with van der Waals surface area (Å²) in [6, 6.07) is 10.0. The summed E-state index contributed by atoms with van der Waals surface area (Å²) in [5, 5.41) is 6.08. The van der Waals surface area contributed by atoms with E-state index in [2.05, 4.69) is 26.9 Å². The number of ether oxygens (including phenoxy) is 1. The van der Waals surface area contributed by atoms with Crippen molar-refractivity contribution < 1.29 is 35.9 Å². The Balaban J connectivity index is 1.39. The van der Waals surface area contributed by atoms with Gasteiger partial charge >= 0.3 is 6.36 Å². The molecule has 2 aliphatic heterocycles. The number of sulfonamides is 1. The van der Waals surface area contributed by atoms with Crippen LogP contribution < -0.4 is 20.3 Å². The van der Waals surface area contributed by atoms with Gasteiger partial charge in [0.05, 0.1) is 10.6 Å². The number of piperazine rings is 1. The highest BCUT2D eigenvalue weighted by molar-refractivity contribution is 7.89. The van der Waals surface area contributed by atoms with Crippen LogP contribution in [0, 0.1) is 0 Å². The lowest BCUT2D eigenvalue weighted by atomic mass is 10.1. The van der Waals surface area contributed by atoms with Crippen LogP contribution >= 0.6 is 11.3 Å². The highest BCUT2D eigenvalue weighted by atomic mass is 32.2. The number of hydrogen-bond acceptors (Lipinski definition) is 8. The molecule has 2 aromatic carbocycles. The third-order valence-electron chi connectivity index (χ3n) is 7.02. The molecule has 1 fully saturated rings. The first kappa shape index (κ1) is 30.5. The van der Waals surface area contributed by atoms with E-state index >= 15 is 0 Å². The number of allylic oxidation sites excluding steroid dienone is 1. The molecule has 2 aliphatic rings. The molecule has 0 spiro atoms. The Bertz CT molecular complexity index is 1640. The lowest BCUT2D eigenvalue weighted by Gasteiger charge is -2.39. The minimum Gasteiger partial charge on any atom is -0.406 e. The number of aromatic nitrogens is 1. The first-order valence-corrected chi connectivity index (χ1v) is 15.5. The molecule has 1 aromatic heterocycles. The average Bonchev–Trinajstić information content (AvgIpc) is 3.41. The van der Waals surface area contributed by atoms with Crippen LogP contribution in [0.1, 0.15) is 33.4 Å². The van der Waals surface area contributed by atoms with Crippen molar-refractivity contribution in [2.75, 3.05) is 31.1 Å². The maximum atomic E-state index is 13.7. The number of anilines is 1. The number of carbonyl (C=O) groups excluding carboxylic acids is 2. The lowest BCUT2D eigenvalue weighted by molar-refractivity contribution is -0.274. The molecule has 5 rings (SSSR count). The average molecular weight is 636 g/mol. The monoisotopic (exact) mass is 635 g/mol. The second-order valence-corrected chi connectivity index (χ2v) is 12.9. The van der Waals surface area contributed by atoms with Gasteiger partial charge in [-0.2, -0.15) is 4.31 Å². The van der Waals surface area contributed by atoms with Crippen LogP contribution in [0.25, 0.3) is 5.57 Å². The number of amides is 2. The number of thiazole rings is 1. The molecule has 2 N–H and O–H groups in total. The minimum absolute atomic E-state index is 0.0526. The molecule has 2 amide bonds. The third-order valence-corrected chi connectivity index (χ3v) is 10.1. The Morgan fingerprint density at radius 2 is 1.86 bits per heavy atom. The number of halogens is 3. The van der Waals surface area contributed by atoms with Gasteiger partial charge in [-0.15, -0.1) is 13.2 Å². The van der Waals surface area contributed by atoms with E-state index in [9.17, 15) is 31.2 Å². The molecule has 3 aromatic rings. The Labute approximate surface area is 250 Å². The molecule has 0 saturated carbocycles. The molecule has 1 atom stereocenters. The van der Waals surface area contributed by atoms with E-state index in [0.717, 1.165) is 45.3 Å². The zero-order chi connectivity index (χ0) is 30.9. The van der Waals surface area contributed by atoms with E-state index in [4.69, 9.17) is 0 Å². The summed E-state index contributed by atoms with van der Waals surface area (Å²) >= 11 is 1.18. The fourth-order valence-electron chi connectivity index (χ4n) is 4.80. The van der Waals surface area contributed by atoms with Gasteiger partial charge in [-0.25, -0.2) is 13.4 Å². The van der Waals surface area contributed by atoms with Crippen LogP contribution in [-0.4, -0.2) is 68.1 Å². The van der Waals surface area contributed by atoms with Crippen molar-refractivity contribution in [2.24, 2.45) is 0 Å². The summed E-state index contributed by atoms with van der Waals surface area (Å²) in [6.07, 6.45) is -4.37. The topological polar surface area (TPSA) is 121 Å². The van der Waals surface area contributed by atoms with E-state index in [-0.39, 0.29) is 37.0 Å². The fourth-order valence-corrected chi connectivity index (χ4v) is 7.43. The fraction of sp³-hybridized carbons (Fsp3) is 0.321. The van der Waals surface area contributed by atoms with Crippen LogP contribution in [0.5, 0.6) is 5.75 Å². The molecule has 0 bridgehead atoms. The molecule has 0 aliphatic carbocycles. The number of fused-ring (bicyclic) bond motifs is 1. The number of carbonyl (C=O) groups is 2. The van der Waals surface area contributed by atoms with Gasteiger partial charge in [-0.3, -0.25) is 9.59 Å². The van der Waals surface area contributed by atoms with Crippen LogP contribution in [0.4, 0.5) is 18.3 Å². The van der Waals surface area contributed by atoms with Crippen LogP contribution in [0.2, 0.25) is 0 Å². The molecular weight excluding hydrogens is 607 g/mol. The maximum absolute atomic E-state index is 13.7. The van der Waals surface area contributed by atoms with E-state index < -0.39 is 34.1 Å². The highest BCUT2D eigenvalue weighted by Crippen LogP contribution is 2.32. The predicted molar refractivity (Wildman–Crippen MR) is 154 cm³/mol. The third kappa shape index (κ3) is 6.84. The maximum Gasteiger partial charge on any atom is 0.573 e. The molecule has 228 valence electrons. The SMILES string of the molecule is C=C(C)c1ccc(CNC(=O)[C@H]2CN(c3nc4c(s3)C(=O)NCC4)CCN2S(=O)(=O)c2ccc(OC(F)(F)F)cc2)cc1. The van der Waals surface area contributed by atoms with Crippen LogP contribution in [-0.2, 0) is 27.8 Å². The molecule has 43 heavy (non-hydrogen) atoms. The zero-order valence-corrected chi connectivity index (χ0v) is 24.6. The van der Waals surface area contributed by atoms with Gasteiger partial charge in [0, 0.05) is 39.1 Å². The standard InChI is InChI=1S/C28H28F3N5O5S2/c1-17(2)19-5-3-18(4-6-19)15-33-25(37)23-16-35(27-34-22-11-12-32-26(38)24(22)42-27)13-14-36(23)43(39,40)21-9-7-20(8-10-21)41-28(29,30)31/h3-10,23H,1,11-16H2,2H3,(H,32,38)(H,33,37)/t23-/m1/s1. The number of benzene rings is 2. The first-order chi connectivity index (χ1) is 20.3. The van der Waals surface area contributed by atoms with Gasteiger partial charge in [-0.05, 0) is 42.3 Å². The molecule has 0 unspecified atom stereocenters. The van der Waals surface area contributed by atoms with Gasteiger partial charge in [-0.1, -0.05) is 47.8 Å². The summed E-state index contributed by atoms with van der Waals surface area (Å²) in [4.78, 5) is 32.4. The summed E-state index contributed by atoms with van der Waals surface area (Å²) < 4.78 is 70.1. The Morgan fingerprint density at radius 3 is 2.49 bits per heavy atom. The van der Waals surface area contributed by atoms with E-state index in [1.807, 2.05) is 31.2 Å². The van der Waals surface area contributed by atoms with Crippen molar-refractivity contribution in [3.63, 3.8) is 0 Å². The number of nitrogens with zero attached hydrogens (tertiary/aromatic N) is 3. The van der Waals surface area contributed by atoms with Gasteiger partial charge in [0.25, 0.3) is 5.91 Å².